The molecule has 0 saturated carbocycles. The van der Waals surface area contributed by atoms with Gasteiger partial charge in [-0.15, -0.1) is 11.3 Å². The third kappa shape index (κ3) is 5.86. The predicted molar refractivity (Wildman–Crippen MR) is 109 cm³/mol. The van der Waals surface area contributed by atoms with Gasteiger partial charge in [-0.25, -0.2) is 9.59 Å². The van der Waals surface area contributed by atoms with Gasteiger partial charge in [-0.3, -0.25) is 4.79 Å². The molecule has 0 spiro atoms. The quantitative estimate of drug-likeness (QED) is 0.443. The number of carbonyl (C=O) groups excluding carboxylic acids is 3. The normalized spacial score (nSPS) is 11.1. The lowest BCUT2D eigenvalue weighted by Crippen LogP contribution is -2.20. The van der Waals surface area contributed by atoms with Crippen molar-refractivity contribution in [1.82, 2.24) is 0 Å². The molecule has 0 radical (unpaired) electrons. The fourth-order valence-corrected chi connectivity index (χ4v) is 3.33. The van der Waals surface area contributed by atoms with Crippen LogP contribution in [0.5, 0.6) is 0 Å². The van der Waals surface area contributed by atoms with E-state index >= 15 is 0 Å². The molecule has 0 saturated heterocycles. The molecule has 0 aliphatic carbocycles. The van der Waals surface area contributed by atoms with E-state index in [1.807, 2.05) is 6.07 Å². The van der Waals surface area contributed by atoms with Crippen LogP contribution >= 0.6 is 11.3 Å². The van der Waals surface area contributed by atoms with Crippen molar-refractivity contribution in [3.8, 4) is 6.07 Å². The number of allylic oxidation sites excluding steroid dienone is 1. The van der Waals surface area contributed by atoms with Crippen LogP contribution in [0.1, 0.15) is 38.1 Å². The van der Waals surface area contributed by atoms with E-state index in [2.05, 4.69) is 5.32 Å². The van der Waals surface area contributed by atoms with Gasteiger partial charge in [-0.05, 0) is 19.1 Å². The molecule has 8 nitrogen and oxygen atoms in total. The van der Waals surface area contributed by atoms with Crippen LogP contribution in [0.25, 0.3) is 0 Å². The number of ketones is 1. The number of halogens is 3. The molecule has 32 heavy (non-hydrogen) atoms. The molecular formula is C20H16F3N3O5S. The lowest BCUT2D eigenvalue weighted by molar-refractivity contribution is -0.165. The number of esters is 2. The maximum Gasteiger partial charge on any atom is 0.454 e. The van der Waals surface area contributed by atoms with Crippen LogP contribution in [-0.2, 0) is 20.9 Å². The molecule has 0 fully saturated rings. The van der Waals surface area contributed by atoms with Gasteiger partial charge in [0.2, 0.25) is 0 Å². The second-order valence-corrected chi connectivity index (χ2v) is 6.99. The summed E-state index contributed by atoms with van der Waals surface area (Å²) >= 11 is 0.824. The molecule has 0 atom stereocenters. The number of carbonyl (C=O) groups is 3. The first-order valence-electron chi connectivity index (χ1n) is 8.88. The van der Waals surface area contributed by atoms with Crippen molar-refractivity contribution in [2.24, 2.45) is 0 Å². The molecular weight excluding hydrogens is 451 g/mol. The van der Waals surface area contributed by atoms with E-state index in [4.69, 9.17) is 15.2 Å². The number of nitrogens with one attached hydrogen (secondary N) is 1. The van der Waals surface area contributed by atoms with Gasteiger partial charge in [-0.1, -0.05) is 12.1 Å². The molecule has 168 valence electrons. The number of thiophene rings is 1. The summed E-state index contributed by atoms with van der Waals surface area (Å²) in [6.07, 6.45) is -4.00. The maximum atomic E-state index is 12.5. The number of rotatable bonds is 8. The number of nitrogens with zero attached hydrogens (tertiary/aromatic N) is 1. The van der Waals surface area contributed by atoms with Crippen LogP contribution in [0.2, 0.25) is 0 Å². The number of nitriles is 1. The molecule has 0 amide bonds. The Kier molecular flexibility index (Phi) is 7.97. The first kappa shape index (κ1) is 24.4. The molecule has 12 heteroatoms. The highest BCUT2D eigenvalue weighted by molar-refractivity contribution is 7.18. The van der Waals surface area contributed by atoms with Crippen molar-refractivity contribution in [1.29, 1.82) is 5.26 Å². The molecule has 2 rings (SSSR count). The van der Waals surface area contributed by atoms with Crippen LogP contribution in [0, 0.1) is 11.3 Å². The fourth-order valence-electron chi connectivity index (χ4n) is 2.41. The van der Waals surface area contributed by atoms with Gasteiger partial charge in [0.15, 0.2) is 0 Å². The molecule has 1 heterocycles. The highest BCUT2D eigenvalue weighted by atomic mass is 32.1. The minimum atomic E-state index is -5.02. The zero-order chi connectivity index (χ0) is 23.9. The lowest BCUT2D eigenvalue weighted by Gasteiger charge is -2.10. The van der Waals surface area contributed by atoms with E-state index in [-0.39, 0.29) is 44.9 Å². The highest BCUT2D eigenvalue weighted by Gasteiger charge is 2.36. The second-order valence-electron chi connectivity index (χ2n) is 5.94. The summed E-state index contributed by atoms with van der Waals surface area (Å²) in [6.45, 7) is 1.21. The number of hydrogen-bond donors (Lipinski definition) is 2. The molecule has 0 bridgehead atoms. The van der Waals surface area contributed by atoms with Crippen molar-refractivity contribution in [2.75, 3.05) is 17.7 Å². The predicted octanol–water partition coefficient (Wildman–Crippen LogP) is 3.79. The van der Waals surface area contributed by atoms with Crippen LogP contribution in [0.4, 0.5) is 23.9 Å². The van der Waals surface area contributed by atoms with E-state index in [1.165, 1.54) is 24.3 Å². The number of alkyl halides is 3. The van der Waals surface area contributed by atoms with E-state index in [1.54, 1.807) is 6.92 Å². The van der Waals surface area contributed by atoms with Gasteiger partial charge in [0.1, 0.15) is 22.6 Å². The minimum absolute atomic E-state index is 0.0220. The zero-order valence-corrected chi connectivity index (χ0v) is 17.3. The third-order valence-corrected chi connectivity index (χ3v) is 4.90. The first-order chi connectivity index (χ1) is 15.1. The Labute approximate surface area is 184 Å². The average molecular weight is 467 g/mol. The fraction of sp³-hybridized carbons (Fsp3) is 0.200. The number of hydrogen-bond acceptors (Lipinski definition) is 9. The molecule has 0 unspecified atom stereocenters. The largest absolute Gasteiger partial charge is 0.462 e. The Morgan fingerprint density at radius 2 is 1.91 bits per heavy atom. The zero-order valence-electron chi connectivity index (χ0n) is 16.5. The van der Waals surface area contributed by atoms with Crippen LogP contribution in [0.3, 0.4) is 0 Å². The van der Waals surface area contributed by atoms with E-state index in [0.717, 1.165) is 17.5 Å². The van der Waals surface area contributed by atoms with Crippen molar-refractivity contribution in [3.05, 3.63) is 58.1 Å². The Balaban J connectivity index is 2.20. The Bertz CT molecular complexity index is 1100. The van der Waals surface area contributed by atoms with Gasteiger partial charge in [0, 0.05) is 17.8 Å². The average Bonchev–Trinajstić information content (AvgIpc) is 3.07. The second kappa shape index (κ2) is 10.5. The Morgan fingerprint density at radius 3 is 2.53 bits per heavy atom. The Morgan fingerprint density at radius 1 is 1.22 bits per heavy atom. The van der Waals surface area contributed by atoms with E-state index < -0.39 is 30.5 Å². The van der Waals surface area contributed by atoms with Gasteiger partial charge in [-0.2, -0.15) is 18.4 Å². The van der Waals surface area contributed by atoms with Gasteiger partial charge < -0.3 is 20.5 Å². The summed E-state index contributed by atoms with van der Waals surface area (Å²) in [6, 6.07) is 7.56. The van der Waals surface area contributed by atoms with Crippen LogP contribution < -0.4 is 11.1 Å². The molecule has 0 aliphatic heterocycles. The molecule has 1 aromatic carbocycles. The smallest absolute Gasteiger partial charge is 0.454 e. The summed E-state index contributed by atoms with van der Waals surface area (Å²) in [4.78, 5) is 35.6. The SMILES string of the molecule is CCOC(=O)c1sc(N)c(C#N)c1COC(=O)c1ccccc1N/C=C/C(=O)C(F)(F)F. The summed E-state index contributed by atoms with van der Waals surface area (Å²) in [7, 11) is 0. The minimum Gasteiger partial charge on any atom is -0.462 e. The summed E-state index contributed by atoms with van der Waals surface area (Å²) < 4.78 is 47.0. The van der Waals surface area contributed by atoms with Crippen molar-refractivity contribution < 1.29 is 37.0 Å². The summed E-state index contributed by atoms with van der Waals surface area (Å²) in [5.74, 6) is -3.69. The maximum absolute atomic E-state index is 12.5. The lowest BCUT2D eigenvalue weighted by atomic mass is 10.1. The number of anilines is 2. The summed E-state index contributed by atoms with van der Waals surface area (Å²) in [5, 5.41) is 11.8. The monoisotopic (exact) mass is 467 g/mol. The van der Waals surface area contributed by atoms with Crippen molar-refractivity contribution >= 4 is 39.7 Å². The van der Waals surface area contributed by atoms with E-state index in [9.17, 15) is 32.8 Å². The number of para-hydroxylation sites is 1. The molecule has 2 aromatic rings. The number of nitrogen functional groups attached to an aromatic ring is 1. The standard InChI is InChI=1S/C20H16F3N3O5S/c1-2-30-19(29)16-13(12(9-24)17(25)32-16)10-31-18(28)11-5-3-4-6-14(11)26-8-7-15(27)20(21,22)23/h3-8,26H,2,10,25H2,1H3/b8-7+. The van der Waals surface area contributed by atoms with Crippen molar-refractivity contribution in [2.45, 2.75) is 19.7 Å². The van der Waals surface area contributed by atoms with E-state index in [0.29, 0.717) is 0 Å². The first-order valence-corrected chi connectivity index (χ1v) is 9.70. The number of nitrogens with two attached hydrogens (primary N) is 1. The topological polar surface area (TPSA) is 132 Å². The summed E-state index contributed by atoms with van der Waals surface area (Å²) in [5.41, 5.74) is 5.83. The number of benzene rings is 1. The molecule has 1 aromatic heterocycles. The van der Waals surface area contributed by atoms with Crippen LogP contribution in [0.15, 0.2) is 36.5 Å². The highest BCUT2D eigenvalue weighted by Crippen LogP contribution is 2.32. The van der Waals surface area contributed by atoms with Gasteiger partial charge >= 0.3 is 18.1 Å². The van der Waals surface area contributed by atoms with Crippen molar-refractivity contribution in [3.63, 3.8) is 0 Å². The van der Waals surface area contributed by atoms with Gasteiger partial charge in [0.05, 0.1) is 23.4 Å². The molecule has 3 N–H and O–H groups in total. The van der Waals surface area contributed by atoms with Crippen LogP contribution in [-0.4, -0.2) is 30.5 Å². The van der Waals surface area contributed by atoms with Gasteiger partial charge in [0.25, 0.3) is 5.78 Å². The number of ether oxygens (including phenoxy) is 2. The Hall–Kier alpha value is -3.85. The third-order valence-electron chi connectivity index (χ3n) is 3.85. The molecule has 0 aliphatic rings.